The second-order valence-electron chi connectivity index (χ2n) is 4.26. The SMILES string of the molecule is C=C.O=C(NCCOCCCNB=NP)c1ccc([N+](=O)[O-])cc1. The molecule has 8 nitrogen and oxygen atoms in total. The molecule has 0 aliphatic carbocycles. The van der Waals surface area contributed by atoms with Crippen LogP contribution in [0.15, 0.2) is 42.1 Å². The Hall–Kier alpha value is -2.12. The Labute approximate surface area is 144 Å². The molecule has 1 aromatic rings. The molecule has 0 aliphatic rings. The summed E-state index contributed by atoms with van der Waals surface area (Å²) in [5, 5.41) is 16.2. The number of amides is 1. The van der Waals surface area contributed by atoms with Crippen LogP contribution in [0.2, 0.25) is 0 Å². The summed E-state index contributed by atoms with van der Waals surface area (Å²) >= 11 is 0. The standard InChI is InChI=1S/C12H18BN4O4P.C2H4/c18-12(10-2-4-11(5-3-10)17(19)20)14-7-9-21-8-1-6-15-13-16-22;1-2/h2-5,15H,1,6-9,22H2,(H,14,18);1-2H2. The summed E-state index contributed by atoms with van der Waals surface area (Å²) in [6.45, 7) is 8.16. The van der Waals surface area contributed by atoms with Gasteiger partial charge in [-0.1, -0.05) is 0 Å². The van der Waals surface area contributed by atoms with Crippen LogP contribution in [-0.4, -0.2) is 44.3 Å². The fraction of sp³-hybridized carbons (Fsp3) is 0.357. The van der Waals surface area contributed by atoms with Crippen molar-refractivity contribution in [1.29, 1.82) is 0 Å². The second kappa shape index (κ2) is 14.5. The summed E-state index contributed by atoms with van der Waals surface area (Å²) in [6, 6.07) is 5.45. The number of hydrogen-bond acceptors (Lipinski definition) is 5. The van der Waals surface area contributed by atoms with Gasteiger partial charge in [-0.2, -0.15) is 0 Å². The third-order valence-corrected chi connectivity index (χ3v) is 2.80. The number of nitrogens with one attached hydrogen (secondary N) is 2. The number of non-ortho nitro benzene ring substituents is 1. The molecule has 130 valence electrons. The first kappa shape index (κ1) is 21.9. The molecule has 0 heterocycles. The predicted octanol–water partition coefficient (Wildman–Crippen LogP) is 1.72. The molecule has 10 heteroatoms. The van der Waals surface area contributed by atoms with Crippen molar-refractivity contribution in [2.45, 2.75) is 6.42 Å². The molecule has 0 bridgehead atoms. The van der Waals surface area contributed by atoms with E-state index in [4.69, 9.17) is 4.74 Å². The van der Waals surface area contributed by atoms with E-state index in [0.29, 0.717) is 25.3 Å². The molecule has 0 aromatic heterocycles. The van der Waals surface area contributed by atoms with Crippen molar-refractivity contribution >= 4 is 28.2 Å². The van der Waals surface area contributed by atoms with E-state index in [2.05, 4.69) is 37.8 Å². The van der Waals surface area contributed by atoms with Crippen LogP contribution < -0.4 is 10.5 Å². The van der Waals surface area contributed by atoms with Gasteiger partial charge in [0.15, 0.2) is 0 Å². The third-order valence-electron chi connectivity index (χ3n) is 2.65. The number of nitrogens with zero attached hydrogens (tertiary/aromatic N) is 2. The summed E-state index contributed by atoms with van der Waals surface area (Å²) in [6.07, 6.45) is 0.840. The first-order valence-corrected chi connectivity index (χ1v) is 7.72. The zero-order valence-corrected chi connectivity index (χ0v) is 14.6. The summed E-state index contributed by atoms with van der Waals surface area (Å²) in [4.78, 5) is 21.8. The average molecular weight is 352 g/mol. The van der Waals surface area contributed by atoms with Crippen LogP contribution in [0.4, 0.5) is 5.69 Å². The number of nitro groups is 1. The number of nitro benzene ring substituents is 1. The molecule has 24 heavy (non-hydrogen) atoms. The number of hydrogen-bond donors (Lipinski definition) is 2. The van der Waals surface area contributed by atoms with Crippen molar-refractivity contribution in [2.24, 2.45) is 4.67 Å². The molecule has 2 N–H and O–H groups in total. The molecule has 1 rings (SSSR count). The summed E-state index contributed by atoms with van der Waals surface area (Å²) < 4.78 is 9.06. The topological polar surface area (TPSA) is 106 Å². The zero-order chi connectivity index (χ0) is 18.2. The monoisotopic (exact) mass is 352 g/mol. The van der Waals surface area contributed by atoms with Gasteiger partial charge >= 0.3 is 110 Å². The van der Waals surface area contributed by atoms with E-state index >= 15 is 0 Å². The van der Waals surface area contributed by atoms with Crippen LogP contribution in [0.3, 0.4) is 0 Å². The minimum atomic E-state index is -0.504. The van der Waals surface area contributed by atoms with Crippen molar-refractivity contribution in [1.82, 2.24) is 10.5 Å². The quantitative estimate of drug-likeness (QED) is 0.167. The zero-order valence-electron chi connectivity index (χ0n) is 13.4. The van der Waals surface area contributed by atoms with Gasteiger partial charge in [0, 0.05) is 0 Å². The van der Waals surface area contributed by atoms with E-state index in [1.165, 1.54) is 24.3 Å². The van der Waals surface area contributed by atoms with Crippen LogP contribution in [0, 0.1) is 10.1 Å². The molecule has 1 unspecified atom stereocenters. The van der Waals surface area contributed by atoms with Crippen molar-refractivity contribution < 1.29 is 14.5 Å². The van der Waals surface area contributed by atoms with Gasteiger partial charge in [0.05, 0.1) is 4.92 Å². The molecule has 0 saturated carbocycles. The van der Waals surface area contributed by atoms with Gasteiger partial charge in [-0.15, -0.1) is 13.2 Å². The van der Waals surface area contributed by atoms with E-state index in [0.717, 1.165) is 13.0 Å². The Morgan fingerprint density at radius 3 is 2.54 bits per heavy atom. The Morgan fingerprint density at radius 2 is 1.96 bits per heavy atom. The van der Waals surface area contributed by atoms with E-state index < -0.39 is 4.92 Å². The van der Waals surface area contributed by atoms with Gasteiger partial charge in [-0.05, 0) is 0 Å². The van der Waals surface area contributed by atoms with Crippen molar-refractivity contribution in [3.63, 3.8) is 0 Å². The Bertz CT molecular complexity index is 528. The molecule has 1 aromatic carbocycles. The fourth-order valence-electron chi connectivity index (χ4n) is 1.57. The first-order valence-electron chi connectivity index (χ1n) is 7.20. The summed E-state index contributed by atoms with van der Waals surface area (Å²) in [5.41, 5.74) is 0.340. The molecule has 0 radical (unpaired) electrons. The second-order valence-corrected chi connectivity index (χ2v) is 4.56. The molecule has 0 saturated heterocycles. The molecule has 0 aliphatic heterocycles. The molecular formula is C14H22BN4O4P. The average Bonchev–Trinajstić information content (AvgIpc) is 2.62. The van der Waals surface area contributed by atoms with Crippen LogP contribution in [0.5, 0.6) is 0 Å². The fourth-order valence-corrected chi connectivity index (χ4v) is 1.67. The van der Waals surface area contributed by atoms with Crippen molar-refractivity contribution in [3.05, 3.63) is 53.1 Å². The Balaban J connectivity index is 0.00000254. The van der Waals surface area contributed by atoms with Gasteiger partial charge in [-0.3, -0.25) is 10.1 Å². The van der Waals surface area contributed by atoms with E-state index in [1.54, 1.807) is 7.21 Å². The van der Waals surface area contributed by atoms with Crippen molar-refractivity contribution in [3.8, 4) is 0 Å². The Kier molecular flexibility index (Phi) is 13.2. The van der Waals surface area contributed by atoms with Crippen LogP contribution >= 0.6 is 9.39 Å². The summed E-state index contributed by atoms with van der Waals surface area (Å²) in [5.74, 6) is -0.281. The van der Waals surface area contributed by atoms with Gasteiger partial charge in [0.1, 0.15) is 0 Å². The number of ether oxygens (including phenoxy) is 1. The molecule has 0 spiro atoms. The minimum absolute atomic E-state index is 0.0415. The first-order chi connectivity index (χ1) is 11.6. The molecule has 0 fully saturated rings. The normalized spacial score (nSPS) is 9.54. The van der Waals surface area contributed by atoms with Gasteiger partial charge in [0.2, 0.25) is 0 Å². The van der Waals surface area contributed by atoms with E-state index in [9.17, 15) is 14.9 Å². The van der Waals surface area contributed by atoms with Crippen LogP contribution in [0.25, 0.3) is 0 Å². The predicted molar refractivity (Wildman–Crippen MR) is 98.0 cm³/mol. The maximum atomic E-state index is 11.8. The van der Waals surface area contributed by atoms with Gasteiger partial charge in [-0.25, -0.2) is 0 Å². The molecule has 1 atom stereocenters. The number of benzene rings is 1. The van der Waals surface area contributed by atoms with Crippen LogP contribution in [0.1, 0.15) is 16.8 Å². The van der Waals surface area contributed by atoms with E-state index in [-0.39, 0.29) is 11.6 Å². The number of carbonyl (C=O) groups excluding carboxylic acids is 1. The summed E-state index contributed by atoms with van der Waals surface area (Å²) in [7, 11) is 3.82. The van der Waals surface area contributed by atoms with Gasteiger partial charge in [0.25, 0.3) is 5.69 Å². The van der Waals surface area contributed by atoms with Gasteiger partial charge < -0.3 is 0 Å². The molecular weight excluding hydrogens is 330 g/mol. The molecule has 1 amide bonds. The van der Waals surface area contributed by atoms with E-state index in [1.807, 2.05) is 0 Å². The van der Waals surface area contributed by atoms with Crippen LogP contribution in [-0.2, 0) is 4.74 Å². The maximum absolute atomic E-state index is 11.8. The third kappa shape index (κ3) is 9.81. The number of carbonyl (C=O) groups is 1. The Morgan fingerprint density at radius 1 is 1.29 bits per heavy atom. The van der Waals surface area contributed by atoms with Crippen molar-refractivity contribution in [2.75, 3.05) is 26.3 Å². The number of rotatable bonds is 10.